The molecule has 0 saturated carbocycles. The first-order valence-electron chi connectivity index (χ1n) is 3.68. The monoisotopic (exact) mass is 253 g/mol. The molecule has 0 atom stereocenters. The number of sulfonamides is 1. The molecule has 0 aromatic carbocycles. The van der Waals surface area contributed by atoms with Crippen molar-refractivity contribution < 1.29 is 22.1 Å². The predicted octanol–water partition coefficient (Wildman–Crippen LogP) is 0.575. The molecule has 0 aliphatic carbocycles. The molecule has 16 heavy (non-hydrogen) atoms. The maximum absolute atomic E-state index is 12.3. The van der Waals surface area contributed by atoms with Gasteiger partial charge < -0.3 is 0 Å². The summed E-state index contributed by atoms with van der Waals surface area (Å²) >= 11 is 0. The van der Waals surface area contributed by atoms with Crippen molar-refractivity contribution in [1.82, 2.24) is 4.98 Å². The van der Waals surface area contributed by atoms with Crippen LogP contribution in [0.1, 0.15) is 12.0 Å². The van der Waals surface area contributed by atoms with Crippen LogP contribution in [0, 0.1) is 10.1 Å². The molecule has 0 radical (unpaired) electrons. The molecule has 0 bridgehead atoms. The van der Waals surface area contributed by atoms with Gasteiger partial charge in [-0.3, -0.25) is 10.1 Å². The number of halogens is 2. The normalized spacial score (nSPS) is 11.8. The van der Waals surface area contributed by atoms with Crippen LogP contribution >= 0.6 is 0 Å². The lowest BCUT2D eigenvalue weighted by molar-refractivity contribution is -0.386. The minimum atomic E-state index is -4.26. The molecule has 0 aliphatic heterocycles. The van der Waals surface area contributed by atoms with Gasteiger partial charge in [-0.1, -0.05) is 0 Å². The van der Waals surface area contributed by atoms with Gasteiger partial charge in [0.05, 0.1) is 11.0 Å². The minimum absolute atomic E-state index is 0.400. The Kier molecular flexibility index (Phi) is 3.14. The third-order valence-corrected chi connectivity index (χ3v) is 2.42. The standard InChI is InChI=1S/C6H5F2N3O4S/c7-6(8)3-2-10-5(16(9,14)15)1-4(3)11(12)13/h1-2,6H,(H2,9,14,15). The van der Waals surface area contributed by atoms with E-state index in [-0.39, 0.29) is 0 Å². The fourth-order valence-electron chi connectivity index (χ4n) is 0.919. The first-order valence-corrected chi connectivity index (χ1v) is 5.23. The largest absolute Gasteiger partial charge is 0.282 e. The van der Waals surface area contributed by atoms with Crippen LogP contribution < -0.4 is 5.14 Å². The number of rotatable bonds is 3. The van der Waals surface area contributed by atoms with E-state index >= 15 is 0 Å². The summed E-state index contributed by atoms with van der Waals surface area (Å²) in [5.41, 5.74) is -1.99. The first kappa shape index (κ1) is 12.4. The van der Waals surface area contributed by atoms with Crippen molar-refractivity contribution in [2.24, 2.45) is 5.14 Å². The molecule has 1 rings (SSSR count). The molecule has 0 fully saturated rings. The van der Waals surface area contributed by atoms with Gasteiger partial charge in [-0.2, -0.15) is 0 Å². The molecular weight excluding hydrogens is 248 g/mol. The fourth-order valence-corrected chi connectivity index (χ4v) is 1.39. The van der Waals surface area contributed by atoms with Gasteiger partial charge in [0, 0.05) is 6.20 Å². The summed E-state index contributed by atoms with van der Waals surface area (Å²) in [6.07, 6.45) is -2.70. The summed E-state index contributed by atoms with van der Waals surface area (Å²) in [4.78, 5) is 12.4. The maximum atomic E-state index is 12.3. The predicted molar refractivity (Wildman–Crippen MR) is 47.2 cm³/mol. The van der Waals surface area contributed by atoms with Gasteiger partial charge in [-0.25, -0.2) is 27.3 Å². The highest BCUT2D eigenvalue weighted by Gasteiger charge is 2.25. The first-order chi connectivity index (χ1) is 7.23. The second-order valence-corrected chi connectivity index (χ2v) is 4.19. The highest BCUT2D eigenvalue weighted by atomic mass is 32.2. The van der Waals surface area contributed by atoms with E-state index in [0.717, 1.165) is 0 Å². The number of alkyl halides is 2. The number of nitrogens with zero attached hydrogens (tertiary/aromatic N) is 2. The third-order valence-electron chi connectivity index (χ3n) is 1.61. The Morgan fingerprint density at radius 2 is 2.06 bits per heavy atom. The summed E-state index contributed by atoms with van der Waals surface area (Å²) in [5, 5.41) is 14.2. The quantitative estimate of drug-likeness (QED) is 0.624. The number of hydrogen-bond donors (Lipinski definition) is 1. The molecule has 0 amide bonds. The molecule has 0 unspecified atom stereocenters. The van der Waals surface area contributed by atoms with E-state index in [1.807, 2.05) is 0 Å². The Morgan fingerprint density at radius 3 is 2.44 bits per heavy atom. The Bertz CT molecular complexity index is 531. The molecule has 0 saturated heterocycles. The summed E-state index contributed by atoms with van der Waals surface area (Å²) < 4.78 is 46.2. The molecule has 1 heterocycles. The Hall–Kier alpha value is -1.68. The third kappa shape index (κ3) is 2.46. The van der Waals surface area contributed by atoms with Gasteiger partial charge in [0.1, 0.15) is 5.56 Å². The van der Waals surface area contributed by atoms with Crippen LogP contribution in [0.15, 0.2) is 17.3 Å². The number of aromatic nitrogens is 1. The summed E-state index contributed by atoms with van der Waals surface area (Å²) in [6, 6.07) is 0.400. The molecule has 0 spiro atoms. The minimum Gasteiger partial charge on any atom is -0.258 e. The van der Waals surface area contributed by atoms with Crippen molar-refractivity contribution >= 4 is 15.7 Å². The zero-order valence-electron chi connectivity index (χ0n) is 7.50. The van der Waals surface area contributed by atoms with Gasteiger partial charge in [0.2, 0.25) is 0 Å². The van der Waals surface area contributed by atoms with E-state index in [0.29, 0.717) is 12.3 Å². The molecule has 88 valence electrons. The van der Waals surface area contributed by atoms with Gasteiger partial charge in [0.25, 0.3) is 22.1 Å². The van der Waals surface area contributed by atoms with Crippen LogP contribution in [0.3, 0.4) is 0 Å². The van der Waals surface area contributed by atoms with Crippen molar-refractivity contribution in [2.75, 3.05) is 0 Å². The molecule has 0 aliphatic rings. The number of primary sulfonamides is 1. The Morgan fingerprint density at radius 1 is 1.50 bits per heavy atom. The summed E-state index contributed by atoms with van der Waals surface area (Å²) in [6.45, 7) is 0. The molecule has 2 N–H and O–H groups in total. The fraction of sp³-hybridized carbons (Fsp3) is 0.167. The van der Waals surface area contributed by atoms with E-state index in [9.17, 15) is 27.3 Å². The highest BCUT2D eigenvalue weighted by Crippen LogP contribution is 2.29. The van der Waals surface area contributed by atoms with E-state index < -0.39 is 37.6 Å². The van der Waals surface area contributed by atoms with Crippen LogP contribution in [0.4, 0.5) is 14.5 Å². The lowest BCUT2D eigenvalue weighted by Crippen LogP contribution is -2.14. The number of nitro groups is 1. The summed E-state index contributed by atoms with van der Waals surface area (Å²) in [5.74, 6) is 0. The highest BCUT2D eigenvalue weighted by molar-refractivity contribution is 7.89. The lowest BCUT2D eigenvalue weighted by atomic mass is 10.2. The number of nitrogens with two attached hydrogens (primary N) is 1. The average Bonchev–Trinajstić information content (AvgIpc) is 2.15. The number of pyridine rings is 1. The van der Waals surface area contributed by atoms with E-state index in [2.05, 4.69) is 10.1 Å². The lowest BCUT2D eigenvalue weighted by Gasteiger charge is -2.02. The van der Waals surface area contributed by atoms with Crippen LogP contribution in [-0.4, -0.2) is 18.3 Å². The van der Waals surface area contributed by atoms with Gasteiger partial charge in [-0.05, 0) is 0 Å². The smallest absolute Gasteiger partial charge is 0.258 e. The van der Waals surface area contributed by atoms with Gasteiger partial charge >= 0.3 is 0 Å². The number of hydrogen-bond acceptors (Lipinski definition) is 5. The van der Waals surface area contributed by atoms with Crippen molar-refractivity contribution in [2.45, 2.75) is 11.5 Å². The Labute approximate surface area is 88.1 Å². The van der Waals surface area contributed by atoms with Crippen molar-refractivity contribution in [3.8, 4) is 0 Å². The second-order valence-electron chi connectivity index (χ2n) is 2.68. The Balaban J connectivity index is 3.46. The average molecular weight is 253 g/mol. The van der Waals surface area contributed by atoms with Gasteiger partial charge in [0.15, 0.2) is 5.03 Å². The zero-order valence-corrected chi connectivity index (χ0v) is 8.32. The topological polar surface area (TPSA) is 116 Å². The van der Waals surface area contributed by atoms with Crippen LogP contribution in [-0.2, 0) is 10.0 Å². The van der Waals surface area contributed by atoms with E-state index in [4.69, 9.17) is 0 Å². The zero-order chi connectivity index (χ0) is 12.5. The van der Waals surface area contributed by atoms with Crippen molar-refractivity contribution in [3.05, 3.63) is 27.9 Å². The second kappa shape index (κ2) is 4.06. The van der Waals surface area contributed by atoms with Crippen LogP contribution in [0.25, 0.3) is 0 Å². The summed E-state index contributed by atoms with van der Waals surface area (Å²) in [7, 11) is -4.26. The van der Waals surface area contributed by atoms with Gasteiger partial charge in [-0.15, -0.1) is 0 Å². The molecule has 10 heteroatoms. The van der Waals surface area contributed by atoms with Crippen molar-refractivity contribution in [3.63, 3.8) is 0 Å². The maximum Gasteiger partial charge on any atom is 0.282 e. The van der Waals surface area contributed by atoms with Crippen LogP contribution in [0.5, 0.6) is 0 Å². The molecule has 1 aromatic rings. The molecular formula is C6H5F2N3O4S. The van der Waals surface area contributed by atoms with Crippen LogP contribution in [0.2, 0.25) is 0 Å². The van der Waals surface area contributed by atoms with E-state index in [1.165, 1.54) is 0 Å². The molecule has 1 aromatic heterocycles. The van der Waals surface area contributed by atoms with E-state index in [1.54, 1.807) is 0 Å². The SMILES string of the molecule is NS(=O)(=O)c1cc([N+](=O)[O-])c(C(F)F)cn1. The van der Waals surface area contributed by atoms with Crippen molar-refractivity contribution in [1.29, 1.82) is 0 Å². The molecule has 7 nitrogen and oxygen atoms in total.